The zero-order chi connectivity index (χ0) is 9.80. The number of para-hydroxylation sites is 1. The van der Waals surface area contributed by atoms with Crippen molar-refractivity contribution < 1.29 is 4.74 Å². The molecule has 0 aliphatic carbocycles. The van der Waals surface area contributed by atoms with E-state index in [1.54, 1.807) is 0 Å². The van der Waals surface area contributed by atoms with Crippen LogP contribution in [0.1, 0.15) is 0 Å². The maximum Gasteiger partial charge on any atom is 0.135 e. The van der Waals surface area contributed by atoms with Gasteiger partial charge in [-0.15, -0.1) is 12.6 Å². The molecular weight excluding hydrogens is 192 g/mol. The third kappa shape index (κ3) is 2.30. The van der Waals surface area contributed by atoms with Crippen LogP contribution >= 0.6 is 12.6 Å². The van der Waals surface area contributed by atoms with Gasteiger partial charge in [0, 0.05) is 11.0 Å². The van der Waals surface area contributed by atoms with Crippen LogP contribution in [0.15, 0.2) is 53.4 Å². The lowest BCUT2D eigenvalue weighted by atomic mass is 10.3. The summed E-state index contributed by atoms with van der Waals surface area (Å²) in [6.45, 7) is 0. The van der Waals surface area contributed by atoms with Crippen molar-refractivity contribution in [3.8, 4) is 11.5 Å². The topological polar surface area (TPSA) is 9.23 Å². The second-order valence-electron chi connectivity index (χ2n) is 2.83. The smallest absolute Gasteiger partial charge is 0.135 e. The first-order valence-electron chi connectivity index (χ1n) is 4.28. The summed E-state index contributed by atoms with van der Waals surface area (Å²) in [6, 6.07) is 18.1. The van der Waals surface area contributed by atoms with Gasteiger partial charge < -0.3 is 4.74 Å². The van der Waals surface area contributed by atoms with Crippen LogP contribution in [0.4, 0.5) is 0 Å². The Bertz CT molecular complexity index is 412. The Balaban J connectivity index is 2.19. The third-order valence-corrected chi connectivity index (χ3v) is 2.00. The molecule has 0 spiro atoms. The predicted molar refractivity (Wildman–Crippen MR) is 59.0 cm³/mol. The van der Waals surface area contributed by atoms with Gasteiger partial charge >= 0.3 is 0 Å². The van der Waals surface area contributed by atoms with Crippen molar-refractivity contribution in [2.75, 3.05) is 0 Å². The Kier molecular flexibility index (Phi) is 2.75. The zero-order valence-electron chi connectivity index (χ0n) is 7.47. The first-order valence-corrected chi connectivity index (χ1v) is 4.73. The van der Waals surface area contributed by atoms with E-state index in [0.29, 0.717) is 5.75 Å². The average molecular weight is 201 g/mol. The fraction of sp³-hybridized carbons (Fsp3) is 0. The molecule has 0 fully saturated rings. The average Bonchev–Trinajstić information content (AvgIpc) is 2.19. The number of thiol groups is 1. The van der Waals surface area contributed by atoms with Crippen LogP contribution in [0.3, 0.4) is 0 Å². The van der Waals surface area contributed by atoms with E-state index in [-0.39, 0.29) is 0 Å². The highest BCUT2D eigenvalue weighted by atomic mass is 32.1. The molecule has 0 saturated carbocycles. The van der Waals surface area contributed by atoms with Crippen LogP contribution in [0, 0.1) is 6.07 Å². The molecule has 0 bridgehead atoms. The van der Waals surface area contributed by atoms with Gasteiger partial charge in [-0.1, -0.05) is 24.3 Å². The number of rotatable bonds is 2. The maximum atomic E-state index is 5.55. The molecule has 0 N–H and O–H groups in total. The van der Waals surface area contributed by atoms with Crippen molar-refractivity contribution in [1.29, 1.82) is 0 Å². The van der Waals surface area contributed by atoms with Gasteiger partial charge in [-0.05, 0) is 24.3 Å². The van der Waals surface area contributed by atoms with Crippen LogP contribution < -0.4 is 4.74 Å². The molecule has 14 heavy (non-hydrogen) atoms. The van der Waals surface area contributed by atoms with E-state index in [1.165, 1.54) is 0 Å². The van der Waals surface area contributed by atoms with Gasteiger partial charge in [-0.2, -0.15) is 0 Å². The lowest BCUT2D eigenvalue weighted by Gasteiger charge is -2.04. The van der Waals surface area contributed by atoms with Crippen molar-refractivity contribution in [3.63, 3.8) is 0 Å². The molecule has 0 saturated heterocycles. The third-order valence-electron chi connectivity index (χ3n) is 1.73. The zero-order valence-corrected chi connectivity index (χ0v) is 8.37. The second kappa shape index (κ2) is 4.20. The summed E-state index contributed by atoms with van der Waals surface area (Å²) in [5.41, 5.74) is 0. The summed E-state index contributed by atoms with van der Waals surface area (Å²) in [7, 11) is 0. The number of hydrogen-bond acceptors (Lipinski definition) is 2. The van der Waals surface area contributed by atoms with Gasteiger partial charge in [-0.25, -0.2) is 0 Å². The first-order chi connectivity index (χ1) is 6.84. The molecule has 2 aromatic carbocycles. The molecular formula is C12H9OS. The molecule has 0 aromatic heterocycles. The molecule has 0 aliphatic rings. The van der Waals surface area contributed by atoms with Crippen LogP contribution in [-0.4, -0.2) is 0 Å². The van der Waals surface area contributed by atoms with Gasteiger partial charge in [0.15, 0.2) is 0 Å². The minimum atomic E-state index is 0.714. The standard InChI is InChI=1S/C12H9OS/c14-12-8-4-7-11(9-12)13-10-5-2-1-3-6-10/h1-5,7-9,14H. The molecule has 2 aromatic rings. The Hall–Kier alpha value is -1.41. The van der Waals surface area contributed by atoms with E-state index in [2.05, 4.69) is 18.7 Å². The molecule has 0 aliphatic heterocycles. The monoisotopic (exact) mass is 201 g/mol. The number of ether oxygens (including phenoxy) is 1. The first kappa shape index (κ1) is 9.16. The SMILES string of the molecule is Sc1cccc(Oc2[c]cccc2)c1. The molecule has 2 heteroatoms. The Morgan fingerprint density at radius 2 is 2.00 bits per heavy atom. The summed E-state index contributed by atoms with van der Waals surface area (Å²) in [5, 5.41) is 0. The van der Waals surface area contributed by atoms with Crippen LogP contribution in [0.25, 0.3) is 0 Å². The summed E-state index contributed by atoms with van der Waals surface area (Å²) < 4.78 is 5.55. The van der Waals surface area contributed by atoms with Crippen molar-refractivity contribution >= 4 is 12.6 Å². The van der Waals surface area contributed by atoms with E-state index < -0.39 is 0 Å². The lowest BCUT2D eigenvalue weighted by Crippen LogP contribution is -1.82. The van der Waals surface area contributed by atoms with Gasteiger partial charge in [0.25, 0.3) is 0 Å². The predicted octanol–water partition coefficient (Wildman–Crippen LogP) is 3.57. The molecule has 1 radical (unpaired) electrons. The minimum Gasteiger partial charge on any atom is -0.457 e. The Labute approximate surface area is 88.8 Å². The second-order valence-corrected chi connectivity index (χ2v) is 3.34. The van der Waals surface area contributed by atoms with E-state index in [9.17, 15) is 0 Å². The minimum absolute atomic E-state index is 0.714. The number of benzene rings is 2. The van der Waals surface area contributed by atoms with Gasteiger partial charge in [-0.3, -0.25) is 0 Å². The summed E-state index contributed by atoms with van der Waals surface area (Å²) >= 11 is 4.23. The van der Waals surface area contributed by atoms with E-state index in [4.69, 9.17) is 4.74 Å². The molecule has 0 unspecified atom stereocenters. The highest BCUT2D eigenvalue weighted by molar-refractivity contribution is 7.80. The van der Waals surface area contributed by atoms with E-state index in [1.807, 2.05) is 48.5 Å². The van der Waals surface area contributed by atoms with Crippen LogP contribution in [-0.2, 0) is 0 Å². The van der Waals surface area contributed by atoms with E-state index in [0.717, 1.165) is 10.6 Å². The van der Waals surface area contributed by atoms with Gasteiger partial charge in [0.1, 0.15) is 11.5 Å². The van der Waals surface area contributed by atoms with Crippen molar-refractivity contribution in [3.05, 3.63) is 54.6 Å². The highest BCUT2D eigenvalue weighted by Gasteiger charge is 1.95. The van der Waals surface area contributed by atoms with Crippen molar-refractivity contribution in [1.82, 2.24) is 0 Å². The molecule has 2 rings (SSSR count). The largest absolute Gasteiger partial charge is 0.457 e. The van der Waals surface area contributed by atoms with Crippen molar-refractivity contribution in [2.45, 2.75) is 4.90 Å². The summed E-state index contributed by atoms with van der Waals surface area (Å²) in [4.78, 5) is 0.887. The Morgan fingerprint density at radius 3 is 2.71 bits per heavy atom. The summed E-state index contributed by atoms with van der Waals surface area (Å²) in [6.07, 6.45) is 0. The van der Waals surface area contributed by atoms with E-state index >= 15 is 0 Å². The summed E-state index contributed by atoms with van der Waals surface area (Å²) in [5.74, 6) is 1.49. The van der Waals surface area contributed by atoms with Gasteiger partial charge in [0.2, 0.25) is 0 Å². The molecule has 0 heterocycles. The van der Waals surface area contributed by atoms with Crippen LogP contribution in [0.5, 0.6) is 11.5 Å². The fourth-order valence-corrected chi connectivity index (χ4v) is 1.33. The number of hydrogen-bond donors (Lipinski definition) is 1. The van der Waals surface area contributed by atoms with Gasteiger partial charge in [0.05, 0.1) is 0 Å². The lowest BCUT2D eigenvalue weighted by molar-refractivity contribution is 0.480. The molecule has 0 atom stereocenters. The maximum absolute atomic E-state index is 5.55. The molecule has 0 amide bonds. The quantitative estimate of drug-likeness (QED) is 0.731. The normalized spacial score (nSPS) is 9.79. The molecule has 1 nitrogen and oxygen atoms in total. The highest BCUT2D eigenvalue weighted by Crippen LogP contribution is 2.22. The van der Waals surface area contributed by atoms with Crippen LogP contribution in [0.2, 0.25) is 0 Å². The molecule has 69 valence electrons. The fourth-order valence-electron chi connectivity index (χ4n) is 1.11. The van der Waals surface area contributed by atoms with Crippen molar-refractivity contribution in [2.24, 2.45) is 0 Å². The Morgan fingerprint density at radius 1 is 1.07 bits per heavy atom.